The van der Waals surface area contributed by atoms with Crippen LogP contribution in [0.15, 0.2) is 24.3 Å². The summed E-state index contributed by atoms with van der Waals surface area (Å²) >= 11 is 0. The van der Waals surface area contributed by atoms with Crippen molar-refractivity contribution in [3.63, 3.8) is 0 Å². The second kappa shape index (κ2) is 7.87. The molecule has 0 radical (unpaired) electrons. The number of aromatic nitrogens is 3. The maximum absolute atomic E-state index is 13.0. The van der Waals surface area contributed by atoms with E-state index in [1.807, 2.05) is 29.6 Å². The molecule has 1 unspecified atom stereocenters. The number of benzene rings is 1. The Kier molecular flexibility index (Phi) is 5.31. The second-order valence-corrected chi connectivity index (χ2v) is 7.75. The molecule has 1 fully saturated rings. The first-order valence-corrected chi connectivity index (χ1v) is 10.3. The zero-order chi connectivity index (χ0) is 19.7. The molecule has 0 saturated carbocycles. The van der Waals surface area contributed by atoms with Crippen molar-refractivity contribution in [2.45, 2.75) is 52.5 Å². The average Bonchev–Trinajstić information content (AvgIpc) is 3.34. The number of amides is 1. The van der Waals surface area contributed by atoms with Crippen LogP contribution in [0.4, 0.5) is 0 Å². The Balaban J connectivity index is 1.58. The van der Waals surface area contributed by atoms with E-state index < -0.39 is 0 Å². The van der Waals surface area contributed by atoms with E-state index in [0.29, 0.717) is 18.9 Å². The lowest BCUT2D eigenvalue weighted by Crippen LogP contribution is -2.42. The number of fused-ring (bicyclic) bond motifs is 3. The van der Waals surface area contributed by atoms with Crippen LogP contribution in [-0.2, 0) is 11.2 Å². The standard InChI is InChI=1S/C22H29N5O/c1-4-13-26(17-11-12-23-14-17)21(28)10-9-18-15(2)24-22-19-7-5-6-8-20(19)25-27(22)16(18)3/h5-8,17,23H,4,9-14H2,1-3H3. The molecule has 148 valence electrons. The first-order chi connectivity index (χ1) is 13.6. The van der Waals surface area contributed by atoms with Crippen molar-refractivity contribution in [3.05, 3.63) is 41.2 Å². The van der Waals surface area contributed by atoms with Gasteiger partial charge in [-0.3, -0.25) is 4.79 Å². The summed E-state index contributed by atoms with van der Waals surface area (Å²) in [7, 11) is 0. The Morgan fingerprint density at radius 1 is 1.32 bits per heavy atom. The minimum atomic E-state index is 0.250. The van der Waals surface area contributed by atoms with Gasteiger partial charge in [-0.15, -0.1) is 0 Å². The monoisotopic (exact) mass is 379 g/mol. The summed E-state index contributed by atoms with van der Waals surface area (Å²) in [6.45, 7) is 9.01. The largest absolute Gasteiger partial charge is 0.338 e. The maximum Gasteiger partial charge on any atom is 0.223 e. The minimum absolute atomic E-state index is 0.250. The van der Waals surface area contributed by atoms with Crippen LogP contribution in [0.1, 0.15) is 43.1 Å². The van der Waals surface area contributed by atoms with Gasteiger partial charge < -0.3 is 10.2 Å². The van der Waals surface area contributed by atoms with Gasteiger partial charge in [0.2, 0.25) is 5.91 Å². The van der Waals surface area contributed by atoms with Crippen molar-refractivity contribution in [3.8, 4) is 0 Å². The van der Waals surface area contributed by atoms with E-state index in [1.165, 1.54) is 0 Å². The molecule has 4 rings (SSSR count). The SMILES string of the molecule is CCCN(C(=O)CCc1c(C)nc2c3ccccc3nn2c1C)C1CCNC1. The van der Waals surface area contributed by atoms with Gasteiger partial charge in [-0.1, -0.05) is 19.1 Å². The molecule has 6 nitrogen and oxygen atoms in total. The second-order valence-electron chi connectivity index (χ2n) is 7.75. The summed E-state index contributed by atoms with van der Waals surface area (Å²) in [6, 6.07) is 8.43. The van der Waals surface area contributed by atoms with Crippen LogP contribution in [0.25, 0.3) is 16.6 Å². The van der Waals surface area contributed by atoms with Crippen molar-refractivity contribution in [1.82, 2.24) is 24.8 Å². The lowest BCUT2D eigenvalue weighted by Gasteiger charge is -2.28. The van der Waals surface area contributed by atoms with Gasteiger partial charge in [0.05, 0.1) is 5.52 Å². The predicted octanol–water partition coefficient (Wildman–Crippen LogP) is 3.03. The van der Waals surface area contributed by atoms with Gasteiger partial charge >= 0.3 is 0 Å². The topological polar surface area (TPSA) is 62.5 Å². The normalized spacial score (nSPS) is 16.9. The van der Waals surface area contributed by atoms with Gasteiger partial charge in [-0.05, 0) is 57.4 Å². The van der Waals surface area contributed by atoms with Gasteiger partial charge in [-0.25, -0.2) is 9.50 Å². The lowest BCUT2D eigenvalue weighted by molar-refractivity contribution is -0.133. The van der Waals surface area contributed by atoms with E-state index in [1.54, 1.807) is 0 Å². The molecule has 1 N–H and O–H groups in total. The molecule has 6 heteroatoms. The summed E-state index contributed by atoms with van der Waals surface area (Å²) in [5.74, 6) is 0.250. The average molecular weight is 380 g/mol. The van der Waals surface area contributed by atoms with Gasteiger partial charge in [0, 0.05) is 42.3 Å². The summed E-state index contributed by atoms with van der Waals surface area (Å²) in [4.78, 5) is 19.9. The molecule has 1 saturated heterocycles. The van der Waals surface area contributed by atoms with Crippen molar-refractivity contribution in [2.75, 3.05) is 19.6 Å². The highest BCUT2D eigenvalue weighted by atomic mass is 16.2. The molecule has 1 aliphatic heterocycles. The van der Waals surface area contributed by atoms with Crippen molar-refractivity contribution < 1.29 is 4.79 Å². The lowest BCUT2D eigenvalue weighted by atomic mass is 10.0. The molecule has 28 heavy (non-hydrogen) atoms. The first kappa shape index (κ1) is 18.9. The third-order valence-corrected chi connectivity index (χ3v) is 5.87. The number of aryl methyl sites for hydroxylation is 2. The number of nitrogens with one attached hydrogen (secondary N) is 1. The number of hydrogen-bond donors (Lipinski definition) is 1. The highest BCUT2D eigenvalue weighted by Gasteiger charge is 2.26. The Morgan fingerprint density at radius 2 is 2.14 bits per heavy atom. The maximum atomic E-state index is 13.0. The summed E-state index contributed by atoms with van der Waals surface area (Å²) < 4.78 is 1.93. The highest BCUT2D eigenvalue weighted by molar-refractivity contribution is 5.92. The van der Waals surface area contributed by atoms with E-state index in [-0.39, 0.29) is 5.91 Å². The molecule has 1 amide bonds. The highest BCUT2D eigenvalue weighted by Crippen LogP contribution is 2.23. The molecular weight excluding hydrogens is 350 g/mol. The van der Waals surface area contributed by atoms with E-state index in [4.69, 9.17) is 10.1 Å². The zero-order valence-corrected chi connectivity index (χ0v) is 17.0. The summed E-state index contributed by atoms with van der Waals surface area (Å²) in [5.41, 5.74) is 5.05. The molecule has 3 aromatic rings. The van der Waals surface area contributed by atoms with Gasteiger partial charge in [0.25, 0.3) is 0 Å². The zero-order valence-electron chi connectivity index (χ0n) is 17.0. The first-order valence-electron chi connectivity index (χ1n) is 10.3. The Morgan fingerprint density at radius 3 is 2.89 bits per heavy atom. The molecule has 1 aliphatic rings. The molecule has 1 aromatic carbocycles. The van der Waals surface area contributed by atoms with Crippen LogP contribution in [0, 0.1) is 13.8 Å². The van der Waals surface area contributed by atoms with Crippen LogP contribution >= 0.6 is 0 Å². The molecular formula is C22H29N5O. The number of hydrogen-bond acceptors (Lipinski definition) is 4. The summed E-state index contributed by atoms with van der Waals surface area (Å²) in [5, 5.41) is 9.17. The van der Waals surface area contributed by atoms with Gasteiger partial charge in [0.1, 0.15) is 0 Å². The predicted molar refractivity (Wildman–Crippen MR) is 112 cm³/mol. The molecule has 1 atom stereocenters. The van der Waals surface area contributed by atoms with Crippen LogP contribution in [0.2, 0.25) is 0 Å². The number of rotatable bonds is 6. The van der Waals surface area contributed by atoms with Crippen LogP contribution in [0.5, 0.6) is 0 Å². The van der Waals surface area contributed by atoms with E-state index in [9.17, 15) is 4.79 Å². The third-order valence-electron chi connectivity index (χ3n) is 5.87. The fraction of sp³-hybridized carbons (Fsp3) is 0.500. The van der Waals surface area contributed by atoms with Crippen LogP contribution in [-0.4, -0.2) is 51.1 Å². The number of nitrogens with zero attached hydrogens (tertiary/aromatic N) is 4. The van der Waals surface area contributed by atoms with Gasteiger partial charge in [-0.2, -0.15) is 5.10 Å². The number of carbonyl (C=O) groups is 1. The number of carbonyl (C=O) groups excluding carboxylic acids is 1. The van der Waals surface area contributed by atoms with Crippen molar-refractivity contribution in [1.29, 1.82) is 0 Å². The smallest absolute Gasteiger partial charge is 0.223 e. The third kappa shape index (κ3) is 3.37. The molecule has 0 spiro atoms. The fourth-order valence-electron chi connectivity index (χ4n) is 4.37. The molecule has 0 bridgehead atoms. The Hall–Kier alpha value is -2.47. The molecule has 2 aromatic heterocycles. The fourth-order valence-corrected chi connectivity index (χ4v) is 4.37. The quantitative estimate of drug-likeness (QED) is 0.715. The minimum Gasteiger partial charge on any atom is -0.338 e. The summed E-state index contributed by atoms with van der Waals surface area (Å²) in [6.07, 6.45) is 3.27. The van der Waals surface area contributed by atoms with Crippen LogP contribution < -0.4 is 5.32 Å². The van der Waals surface area contributed by atoms with E-state index >= 15 is 0 Å². The molecule has 3 heterocycles. The van der Waals surface area contributed by atoms with Crippen LogP contribution in [0.3, 0.4) is 0 Å². The van der Waals surface area contributed by atoms with Crippen molar-refractivity contribution in [2.24, 2.45) is 0 Å². The van der Waals surface area contributed by atoms with Crippen molar-refractivity contribution >= 4 is 22.5 Å². The van der Waals surface area contributed by atoms with E-state index in [0.717, 1.165) is 66.0 Å². The van der Waals surface area contributed by atoms with E-state index in [2.05, 4.69) is 30.1 Å². The molecule has 0 aliphatic carbocycles. The Labute approximate surface area is 165 Å². The Bertz CT molecular complexity index is 1000. The van der Waals surface area contributed by atoms with Gasteiger partial charge in [0.15, 0.2) is 5.65 Å².